The van der Waals surface area contributed by atoms with Crippen molar-refractivity contribution in [1.29, 1.82) is 0 Å². The Balaban J connectivity index is 1.38. The molecule has 7 heterocycles. The number of nitrogen functional groups attached to an aromatic ring is 1. The van der Waals surface area contributed by atoms with E-state index >= 15 is 8.78 Å². The summed E-state index contributed by atoms with van der Waals surface area (Å²) < 4.78 is 94.9. The second-order valence-electron chi connectivity index (χ2n) is 12.1. The summed E-state index contributed by atoms with van der Waals surface area (Å²) in [4.78, 5) is 19.9. The zero-order valence-electron chi connectivity index (χ0n) is 23.3. The Labute approximate surface area is 242 Å². The van der Waals surface area contributed by atoms with Crippen LogP contribution in [0.5, 0.6) is 6.01 Å². The average Bonchev–Trinajstić information content (AvgIpc) is 3.58. The Morgan fingerprint density at radius 3 is 2.53 bits per heavy atom. The first-order valence-electron chi connectivity index (χ1n) is 14.4. The van der Waals surface area contributed by atoms with E-state index in [1.165, 1.54) is 0 Å². The van der Waals surface area contributed by atoms with Crippen molar-refractivity contribution in [3.8, 4) is 17.4 Å². The van der Waals surface area contributed by atoms with Crippen molar-refractivity contribution in [2.75, 3.05) is 43.4 Å². The number of aryl methyl sites for hydroxylation is 1. The Hall–Kier alpha value is -3.46. The highest BCUT2D eigenvalue weighted by Gasteiger charge is 2.49. The molecule has 4 fully saturated rings. The average molecular weight is 609 g/mol. The number of pyridine rings is 2. The first kappa shape index (κ1) is 28.3. The predicted molar refractivity (Wildman–Crippen MR) is 145 cm³/mol. The second kappa shape index (κ2) is 10.0. The van der Waals surface area contributed by atoms with Gasteiger partial charge in [-0.3, -0.25) is 4.90 Å². The molecule has 3 aromatic heterocycles. The standard InChI is InChI=1S/C28H30F6N8O/c1-13-7-17(35)37-22(19(13)28(32,33)34)23-20(30)21-18(24(31)38-23)25(41-10-15-3-4-16(11-41)36-15)40-26(39-21)43-12-27-5-2-6-42(27)9-14(29)8-27/h7,14-16,36H,2-6,8-12H2,1H3,(H2,35,37)/t14-,15?,16?,27+/m1/s1. The van der Waals surface area contributed by atoms with Gasteiger partial charge in [-0.25, -0.2) is 18.7 Å². The van der Waals surface area contributed by atoms with E-state index in [-0.39, 0.29) is 53.7 Å². The Morgan fingerprint density at radius 2 is 1.81 bits per heavy atom. The van der Waals surface area contributed by atoms with Crippen LogP contribution in [0.15, 0.2) is 6.07 Å². The number of nitrogens with two attached hydrogens (primary N) is 1. The lowest BCUT2D eigenvalue weighted by atomic mass is 9.95. The van der Waals surface area contributed by atoms with E-state index in [0.29, 0.717) is 26.1 Å². The molecule has 0 aliphatic carbocycles. The van der Waals surface area contributed by atoms with Gasteiger partial charge < -0.3 is 20.7 Å². The summed E-state index contributed by atoms with van der Waals surface area (Å²) in [6.45, 7) is 3.09. The number of hydrogen-bond acceptors (Lipinski definition) is 9. The number of fused-ring (bicyclic) bond motifs is 4. The smallest absolute Gasteiger partial charge is 0.418 e. The van der Waals surface area contributed by atoms with Gasteiger partial charge >= 0.3 is 12.2 Å². The van der Waals surface area contributed by atoms with Gasteiger partial charge in [-0.2, -0.15) is 27.5 Å². The van der Waals surface area contributed by atoms with E-state index in [2.05, 4.69) is 25.3 Å². The number of aromatic nitrogens is 4. The molecule has 0 radical (unpaired) electrons. The van der Waals surface area contributed by atoms with Crippen LogP contribution in [0, 0.1) is 18.7 Å². The maximum absolute atomic E-state index is 16.4. The molecule has 0 spiro atoms. The minimum atomic E-state index is -4.95. The fraction of sp³-hybridized carbons (Fsp3) is 0.571. The summed E-state index contributed by atoms with van der Waals surface area (Å²) in [7, 11) is 0. The van der Waals surface area contributed by atoms with Gasteiger partial charge in [0.15, 0.2) is 5.82 Å². The van der Waals surface area contributed by atoms with Crippen LogP contribution in [0.3, 0.4) is 0 Å². The highest BCUT2D eigenvalue weighted by Crippen LogP contribution is 2.43. The van der Waals surface area contributed by atoms with Crippen molar-refractivity contribution in [3.05, 3.63) is 29.0 Å². The highest BCUT2D eigenvalue weighted by molar-refractivity contribution is 5.92. The van der Waals surface area contributed by atoms with Crippen LogP contribution < -0.4 is 20.7 Å². The first-order valence-corrected chi connectivity index (χ1v) is 14.4. The van der Waals surface area contributed by atoms with Crippen LogP contribution in [0.25, 0.3) is 22.3 Å². The van der Waals surface area contributed by atoms with Gasteiger partial charge in [0.05, 0.1) is 11.1 Å². The Bertz CT molecular complexity index is 1590. The normalized spacial score (nSPS) is 27.3. The molecule has 0 saturated carbocycles. The zero-order valence-corrected chi connectivity index (χ0v) is 23.3. The van der Waals surface area contributed by atoms with Crippen LogP contribution in [0.1, 0.15) is 43.2 Å². The third kappa shape index (κ3) is 4.80. The van der Waals surface area contributed by atoms with E-state index < -0.39 is 52.1 Å². The fourth-order valence-corrected chi connectivity index (χ4v) is 7.39. The predicted octanol–water partition coefficient (Wildman–Crippen LogP) is 4.17. The molecule has 7 rings (SSSR count). The quantitative estimate of drug-likeness (QED) is 0.326. The summed E-state index contributed by atoms with van der Waals surface area (Å²) in [6, 6.07) is 0.935. The maximum atomic E-state index is 16.4. The molecule has 4 aliphatic heterocycles. The maximum Gasteiger partial charge on any atom is 0.418 e. The molecule has 2 bridgehead atoms. The summed E-state index contributed by atoms with van der Waals surface area (Å²) >= 11 is 0. The Morgan fingerprint density at radius 1 is 1.07 bits per heavy atom. The van der Waals surface area contributed by atoms with E-state index in [1.54, 1.807) is 4.90 Å². The van der Waals surface area contributed by atoms with Crippen LogP contribution in [0.2, 0.25) is 0 Å². The monoisotopic (exact) mass is 608 g/mol. The second-order valence-corrected chi connectivity index (χ2v) is 12.1. The third-order valence-corrected chi connectivity index (χ3v) is 9.19. The van der Waals surface area contributed by atoms with E-state index in [9.17, 15) is 17.6 Å². The van der Waals surface area contributed by atoms with Gasteiger partial charge in [0.1, 0.15) is 46.7 Å². The van der Waals surface area contributed by atoms with Crippen molar-refractivity contribution in [3.63, 3.8) is 0 Å². The molecule has 4 saturated heterocycles. The van der Waals surface area contributed by atoms with Crippen molar-refractivity contribution >= 4 is 22.5 Å². The molecule has 15 heteroatoms. The zero-order chi connectivity index (χ0) is 30.3. The molecule has 230 valence electrons. The molecule has 0 amide bonds. The molecule has 4 atom stereocenters. The summed E-state index contributed by atoms with van der Waals surface area (Å²) in [5, 5.41) is 3.10. The number of piperazine rings is 1. The summed E-state index contributed by atoms with van der Waals surface area (Å²) in [5.74, 6) is -2.83. The van der Waals surface area contributed by atoms with E-state index in [1.807, 2.05) is 4.90 Å². The fourth-order valence-electron chi connectivity index (χ4n) is 7.39. The number of nitrogens with zero attached hydrogens (tertiary/aromatic N) is 6. The van der Waals surface area contributed by atoms with Crippen molar-refractivity contribution in [2.24, 2.45) is 0 Å². The number of rotatable bonds is 5. The number of ether oxygens (including phenoxy) is 1. The minimum absolute atomic E-state index is 0.0292. The number of hydrogen-bond donors (Lipinski definition) is 2. The molecular weight excluding hydrogens is 578 g/mol. The lowest BCUT2D eigenvalue weighted by Gasteiger charge is -2.34. The van der Waals surface area contributed by atoms with Gasteiger partial charge in [0, 0.05) is 38.1 Å². The van der Waals surface area contributed by atoms with Gasteiger partial charge in [0.2, 0.25) is 5.95 Å². The van der Waals surface area contributed by atoms with Crippen LogP contribution in [0.4, 0.5) is 38.0 Å². The van der Waals surface area contributed by atoms with Crippen LogP contribution in [-0.4, -0.2) is 81.4 Å². The number of anilines is 2. The molecule has 4 aliphatic rings. The molecule has 0 aromatic carbocycles. The molecule has 2 unspecified atom stereocenters. The van der Waals surface area contributed by atoms with Crippen LogP contribution >= 0.6 is 0 Å². The van der Waals surface area contributed by atoms with Crippen molar-refractivity contribution in [2.45, 2.75) is 69.0 Å². The number of alkyl halides is 4. The van der Waals surface area contributed by atoms with Crippen LogP contribution in [-0.2, 0) is 6.18 Å². The topological polar surface area (TPSA) is 105 Å². The van der Waals surface area contributed by atoms with Crippen molar-refractivity contribution in [1.82, 2.24) is 30.2 Å². The highest BCUT2D eigenvalue weighted by atomic mass is 19.4. The minimum Gasteiger partial charge on any atom is -0.461 e. The van der Waals surface area contributed by atoms with Gasteiger partial charge in [-0.15, -0.1) is 0 Å². The lowest BCUT2D eigenvalue weighted by Crippen LogP contribution is -2.51. The Kier molecular flexibility index (Phi) is 6.61. The lowest BCUT2D eigenvalue weighted by molar-refractivity contribution is -0.137. The molecule has 43 heavy (non-hydrogen) atoms. The number of halogens is 6. The number of nitrogens with one attached hydrogen (secondary N) is 1. The SMILES string of the molecule is Cc1cc(N)nc(-c2nc(F)c3c(N4CC5CCC(C4)N5)nc(OC[C@@]45CCCN4C[C@H](F)C5)nc3c2F)c1C(F)(F)F. The van der Waals surface area contributed by atoms with Gasteiger partial charge in [-0.1, -0.05) is 0 Å². The largest absolute Gasteiger partial charge is 0.461 e. The summed E-state index contributed by atoms with van der Waals surface area (Å²) in [6.07, 6.45) is -2.32. The molecule has 3 aromatic rings. The van der Waals surface area contributed by atoms with Gasteiger partial charge in [0.25, 0.3) is 0 Å². The van der Waals surface area contributed by atoms with E-state index in [4.69, 9.17) is 10.5 Å². The molecule has 3 N–H and O–H groups in total. The first-order chi connectivity index (χ1) is 20.4. The van der Waals surface area contributed by atoms with Crippen molar-refractivity contribution < 1.29 is 31.1 Å². The molecular formula is C28H30F6N8O. The molecule has 9 nitrogen and oxygen atoms in total. The van der Waals surface area contributed by atoms with E-state index in [0.717, 1.165) is 38.8 Å². The third-order valence-electron chi connectivity index (χ3n) is 9.19. The summed E-state index contributed by atoms with van der Waals surface area (Å²) in [5.41, 5.74) is 1.07. The van der Waals surface area contributed by atoms with Gasteiger partial charge in [-0.05, 0) is 50.8 Å².